The number of methoxy groups -OCH3 is 1. The number of aromatic nitrogens is 2. The summed E-state index contributed by atoms with van der Waals surface area (Å²) in [6.07, 6.45) is 4.32. The summed E-state index contributed by atoms with van der Waals surface area (Å²) < 4.78 is 5.11. The normalized spacial score (nSPS) is 14.1. The molecule has 6 heteroatoms. The number of pyridine rings is 2. The maximum absolute atomic E-state index is 9.82. The molecule has 0 bridgehead atoms. The lowest BCUT2D eigenvalue weighted by atomic mass is 10.0. The van der Waals surface area contributed by atoms with E-state index in [1.807, 2.05) is 42.7 Å². The quantitative estimate of drug-likeness (QED) is 0.679. The lowest BCUT2D eigenvalue weighted by Gasteiger charge is -2.20. The van der Waals surface area contributed by atoms with Gasteiger partial charge in [-0.1, -0.05) is 18.2 Å². The molecule has 0 radical (unpaired) electrons. The van der Waals surface area contributed by atoms with Gasteiger partial charge in [-0.25, -0.2) is 9.97 Å². The van der Waals surface area contributed by atoms with Gasteiger partial charge in [0.25, 0.3) is 0 Å². The average molecular weight is 362 g/mol. The second-order valence-corrected chi connectivity index (χ2v) is 6.60. The minimum Gasteiger partial charge on any atom is -0.481 e. The van der Waals surface area contributed by atoms with Gasteiger partial charge in [-0.15, -0.1) is 0 Å². The molecule has 0 fully saturated rings. The molecule has 2 aromatic heterocycles. The van der Waals surface area contributed by atoms with E-state index in [1.165, 1.54) is 0 Å². The van der Waals surface area contributed by atoms with E-state index in [0.717, 1.165) is 53.1 Å². The number of rotatable bonds is 5. The van der Waals surface area contributed by atoms with Gasteiger partial charge in [-0.05, 0) is 47.7 Å². The molecule has 1 atom stereocenters. The molecule has 4 rings (SSSR count). The van der Waals surface area contributed by atoms with Crippen molar-refractivity contribution in [1.29, 1.82) is 0 Å². The molecular weight excluding hydrogens is 340 g/mol. The van der Waals surface area contributed by atoms with Gasteiger partial charge < -0.3 is 20.5 Å². The molecule has 138 valence electrons. The predicted molar refractivity (Wildman–Crippen MR) is 104 cm³/mol. The van der Waals surface area contributed by atoms with Gasteiger partial charge in [0.05, 0.1) is 7.11 Å². The molecule has 1 aliphatic rings. The summed E-state index contributed by atoms with van der Waals surface area (Å²) in [6.45, 7) is 0.819. The van der Waals surface area contributed by atoms with Gasteiger partial charge in [-0.3, -0.25) is 0 Å². The van der Waals surface area contributed by atoms with Crippen LogP contribution in [0.5, 0.6) is 5.88 Å². The summed E-state index contributed by atoms with van der Waals surface area (Å²) in [4.78, 5) is 11.0. The van der Waals surface area contributed by atoms with Gasteiger partial charge in [0, 0.05) is 36.3 Å². The Bertz CT molecular complexity index is 941. The number of aliphatic hydroxyl groups excluding tert-OH is 1. The predicted octanol–water partition coefficient (Wildman–Crippen LogP) is 2.72. The van der Waals surface area contributed by atoms with Crippen LogP contribution in [0.2, 0.25) is 0 Å². The third-order valence-corrected chi connectivity index (χ3v) is 4.88. The molecule has 0 amide bonds. The smallest absolute Gasteiger partial charge is 0.212 e. The standard InChI is InChI=1S/C21H22N4O2/c1-27-20-6-5-15(13-24-20)11-14-7-9-23-19(12-14)25-10-8-16-17(21(22)26)3-2-4-18(16)25/h2-7,9,12-13,21,26H,8,10-11,22H2,1H3. The Labute approximate surface area is 158 Å². The molecule has 0 saturated carbocycles. The zero-order valence-electron chi connectivity index (χ0n) is 15.2. The van der Waals surface area contributed by atoms with E-state index in [4.69, 9.17) is 10.5 Å². The monoisotopic (exact) mass is 362 g/mol. The Balaban J connectivity index is 1.60. The maximum atomic E-state index is 9.82. The van der Waals surface area contributed by atoms with Crippen LogP contribution in [0.1, 0.15) is 28.5 Å². The first kappa shape index (κ1) is 17.5. The van der Waals surface area contributed by atoms with Crippen LogP contribution in [0, 0.1) is 0 Å². The van der Waals surface area contributed by atoms with Crippen LogP contribution in [-0.4, -0.2) is 28.7 Å². The Morgan fingerprint density at radius 1 is 1.19 bits per heavy atom. The molecule has 6 nitrogen and oxygen atoms in total. The number of ether oxygens (including phenoxy) is 1. The lowest BCUT2D eigenvalue weighted by Crippen LogP contribution is -2.15. The molecule has 3 aromatic rings. The Hall–Kier alpha value is -2.96. The first-order valence-electron chi connectivity index (χ1n) is 8.92. The average Bonchev–Trinajstić information content (AvgIpc) is 3.13. The molecule has 3 heterocycles. The van der Waals surface area contributed by atoms with E-state index in [2.05, 4.69) is 27.0 Å². The summed E-state index contributed by atoms with van der Waals surface area (Å²) in [5.74, 6) is 1.51. The highest BCUT2D eigenvalue weighted by Gasteiger charge is 2.25. The van der Waals surface area contributed by atoms with E-state index in [1.54, 1.807) is 7.11 Å². The van der Waals surface area contributed by atoms with Crippen molar-refractivity contribution in [2.45, 2.75) is 19.1 Å². The SMILES string of the molecule is COc1ccc(Cc2ccnc(N3CCc4c(C(N)O)cccc43)c2)cn1. The summed E-state index contributed by atoms with van der Waals surface area (Å²) in [5, 5.41) is 9.82. The second-order valence-electron chi connectivity index (χ2n) is 6.60. The van der Waals surface area contributed by atoms with Crippen LogP contribution in [-0.2, 0) is 12.8 Å². The number of benzene rings is 1. The second kappa shape index (κ2) is 7.34. The third kappa shape index (κ3) is 3.49. The van der Waals surface area contributed by atoms with Crippen molar-refractivity contribution in [1.82, 2.24) is 9.97 Å². The van der Waals surface area contributed by atoms with E-state index in [-0.39, 0.29) is 0 Å². The maximum Gasteiger partial charge on any atom is 0.212 e. The number of nitrogens with zero attached hydrogens (tertiary/aromatic N) is 3. The molecule has 3 N–H and O–H groups in total. The first-order valence-corrected chi connectivity index (χ1v) is 8.92. The number of anilines is 2. The van der Waals surface area contributed by atoms with Crippen LogP contribution in [0.25, 0.3) is 0 Å². The fraction of sp³-hybridized carbons (Fsp3) is 0.238. The zero-order chi connectivity index (χ0) is 18.8. The van der Waals surface area contributed by atoms with Crippen molar-refractivity contribution in [3.8, 4) is 5.88 Å². The fourth-order valence-corrected chi connectivity index (χ4v) is 3.57. The van der Waals surface area contributed by atoms with Gasteiger partial charge >= 0.3 is 0 Å². The van der Waals surface area contributed by atoms with Crippen molar-refractivity contribution in [3.63, 3.8) is 0 Å². The van der Waals surface area contributed by atoms with E-state index in [9.17, 15) is 5.11 Å². The number of aliphatic hydroxyl groups is 1. The minimum atomic E-state index is -0.957. The van der Waals surface area contributed by atoms with Crippen molar-refractivity contribution in [3.05, 3.63) is 77.1 Å². The van der Waals surface area contributed by atoms with Crippen LogP contribution in [0.4, 0.5) is 11.5 Å². The molecule has 0 saturated heterocycles. The van der Waals surface area contributed by atoms with Crippen LogP contribution >= 0.6 is 0 Å². The molecule has 1 aliphatic heterocycles. The highest BCUT2D eigenvalue weighted by Crippen LogP contribution is 2.36. The number of fused-ring (bicyclic) bond motifs is 1. The topological polar surface area (TPSA) is 84.5 Å². The highest BCUT2D eigenvalue weighted by atomic mass is 16.5. The van der Waals surface area contributed by atoms with Crippen molar-refractivity contribution >= 4 is 11.5 Å². The lowest BCUT2D eigenvalue weighted by molar-refractivity contribution is 0.185. The minimum absolute atomic E-state index is 0.612. The van der Waals surface area contributed by atoms with Gasteiger partial charge in [-0.2, -0.15) is 0 Å². The Kier molecular flexibility index (Phi) is 4.75. The molecular formula is C21H22N4O2. The first-order chi connectivity index (χ1) is 13.2. The molecule has 27 heavy (non-hydrogen) atoms. The van der Waals surface area contributed by atoms with Crippen LogP contribution in [0.15, 0.2) is 54.9 Å². The zero-order valence-corrected chi connectivity index (χ0v) is 15.2. The molecule has 1 unspecified atom stereocenters. The number of nitrogens with two attached hydrogens (primary N) is 1. The Morgan fingerprint density at radius 2 is 2.07 bits per heavy atom. The summed E-state index contributed by atoms with van der Waals surface area (Å²) in [6, 6.07) is 13.9. The van der Waals surface area contributed by atoms with E-state index in [0.29, 0.717) is 5.88 Å². The summed E-state index contributed by atoms with van der Waals surface area (Å²) in [5.41, 5.74) is 10.9. The third-order valence-electron chi connectivity index (χ3n) is 4.88. The van der Waals surface area contributed by atoms with Crippen LogP contribution in [0.3, 0.4) is 0 Å². The van der Waals surface area contributed by atoms with E-state index >= 15 is 0 Å². The number of hydrogen-bond donors (Lipinski definition) is 2. The summed E-state index contributed by atoms with van der Waals surface area (Å²) >= 11 is 0. The highest BCUT2D eigenvalue weighted by molar-refractivity contribution is 5.69. The Morgan fingerprint density at radius 3 is 2.81 bits per heavy atom. The van der Waals surface area contributed by atoms with Crippen molar-refractivity contribution < 1.29 is 9.84 Å². The molecule has 0 aliphatic carbocycles. The van der Waals surface area contributed by atoms with Gasteiger partial charge in [0.2, 0.25) is 5.88 Å². The number of hydrogen-bond acceptors (Lipinski definition) is 6. The molecule has 1 aromatic carbocycles. The van der Waals surface area contributed by atoms with Crippen LogP contribution < -0.4 is 15.4 Å². The van der Waals surface area contributed by atoms with Gasteiger partial charge in [0.15, 0.2) is 0 Å². The fourth-order valence-electron chi connectivity index (χ4n) is 3.57. The summed E-state index contributed by atoms with van der Waals surface area (Å²) in [7, 11) is 1.61. The van der Waals surface area contributed by atoms with E-state index < -0.39 is 6.23 Å². The van der Waals surface area contributed by atoms with Crippen molar-refractivity contribution in [2.75, 3.05) is 18.6 Å². The molecule has 0 spiro atoms. The largest absolute Gasteiger partial charge is 0.481 e. The van der Waals surface area contributed by atoms with Gasteiger partial charge in [0.1, 0.15) is 12.0 Å². The van der Waals surface area contributed by atoms with Crippen molar-refractivity contribution in [2.24, 2.45) is 5.73 Å².